The lowest BCUT2D eigenvalue weighted by Gasteiger charge is -2.17. The minimum absolute atomic E-state index is 0.311. The minimum atomic E-state index is -0.311. The van der Waals surface area contributed by atoms with Crippen LogP contribution in [0.4, 0.5) is 0 Å². The van der Waals surface area contributed by atoms with Gasteiger partial charge in [-0.2, -0.15) is 5.10 Å². The Kier molecular flexibility index (Phi) is 5.72. The molecule has 0 bridgehead atoms. The highest BCUT2D eigenvalue weighted by atomic mass is 16.5. The summed E-state index contributed by atoms with van der Waals surface area (Å²) in [4.78, 5) is 13.8. The molecule has 0 N–H and O–H groups in total. The summed E-state index contributed by atoms with van der Waals surface area (Å²) >= 11 is 0. The van der Waals surface area contributed by atoms with Crippen molar-refractivity contribution in [2.24, 2.45) is 0 Å². The molecule has 0 aliphatic heterocycles. The second kappa shape index (κ2) is 8.18. The summed E-state index contributed by atoms with van der Waals surface area (Å²) in [6.45, 7) is 5.77. The highest BCUT2D eigenvalue weighted by Gasteiger charge is 2.15. The number of hydrogen-bond donors (Lipinski definition) is 0. The van der Waals surface area contributed by atoms with Crippen molar-refractivity contribution in [1.82, 2.24) is 14.7 Å². The Hall–Kier alpha value is -2.92. The smallest absolute Gasteiger partial charge is 0.337 e. The molecular weight excluding hydrogens is 338 g/mol. The molecule has 5 nitrogen and oxygen atoms in total. The number of rotatable bonds is 6. The molecule has 0 radical (unpaired) electrons. The number of nitrogens with zero attached hydrogens (tertiary/aromatic N) is 3. The van der Waals surface area contributed by atoms with E-state index in [0.717, 1.165) is 35.7 Å². The summed E-state index contributed by atoms with van der Waals surface area (Å²) in [5, 5.41) is 4.72. The van der Waals surface area contributed by atoms with Crippen LogP contribution in [0, 0.1) is 13.8 Å². The second-order valence-corrected chi connectivity index (χ2v) is 6.76. The number of ether oxygens (including phenoxy) is 1. The topological polar surface area (TPSA) is 47.4 Å². The molecule has 3 rings (SSSR count). The van der Waals surface area contributed by atoms with Crippen LogP contribution in [0.1, 0.15) is 32.9 Å². The average Bonchev–Trinajstić information content (AvgIpc) is 2.97. The normalized spacial score (nSPS) is 11.0. The van der Waals surface area contributed by atoms with E-state index in [9.17, 15) is 4.79 Å². The maximum Gasteiger partial charge on any atom is 0.337 e. The predicted octanol–water partition coefficient (Wildman–Crippen LogP) is 3.91. The average molecular weight is 363 g/mol. The Morgan fingerprint density at radius 2 is 1.70 bits per heavy atom. The quantitative estimate of drug-likeness (QED) is 0.623. The summed E-state index contributed by atoms with van der Waals surface area (Å²) in [5.74, 6) is -0.311. The Balaban J connectivity index is 1.72. The molecule has 1 aromatic heterocycles. The lowest BCUT2D eigenvalue weighted by Crippen LogP contribution is -2.18. The summed E-state index contributed by atoms with van der Waals surface area (Å²) in [5.41, 5.74) is 6.24. The Bertz CT molecular complexity index is 915. The lowest BCUT2D eigenvalue weighted by molar-refractivity contribution is 0.0600. The fourth-order valence-electron chi connectivity index (χ4n) is 3.23. The Labute approximate surface area is 160 Å². The number of para-hydroxylation sites is 1. The highest BCUT2D eigenvalue weighted by Crippen LogP contribution is 2.20. The maximum absolute atomic E-state index is 11.5. The van der Waals surface area contributed by atoms with Crippen molar-refractivity contribution >= 4 is 5.97 Å². The van der Waals surface area contributed by atoms with Gasteiger partial charge in [0.25, 0.3) is 0 Å². The first-order chi connectivity index (χ1) is 13.0. The van der Waals surface area contributed by atoms with Crippen LogP contribution in [0.5, 0.6) is 0 Å². The van der Waals surface area contributed by atoms with E-state index in [0.29, 0.717) is 5.56 Å². The molecule has 0 spiro atoms. The van der Waals surface area contributed by atoms with Crippen molar-refractivity contribution < 1.29 is 9.53 Å². The number of hydrogen-bond acceptors (Lipinski definition) is 4. The molecule has 0 unspecified atom stereocenters. The molecule has 3 aromatic rings. The molecule has 0 saturated heterocycles. The maximum atomic E-state index is 11.5. The van der Waals surface area contributed by atoms with E-state index < -0.39 is 0 Å². The predicted molar refractivity (Wildman–Crippen MR) is 106 cm³/mol. The van der Waals surface area contributed by atoms with E-state index in [2.05, 4.69) is 37.9 Å². The van der Waals surface area contributed by atoms with E-state index in [4.69, 9.17) is 9.84 Å². The second-order valence-electron chi connectivity index (χ2n) is 6.76. The van der Waals surface area contributed by atoms with Crippen molar-refractivity contribution in [1.29, 1.82) is 0 Å². The van der Waals surface area contributed by atoms with Gasteiger partial charge in [0.15, 0.2) is 0 Å². The molecular formula is C22H25N3O2. The zero-order chi connectivity index (χ0) is 19.4. The monoisotopic (exact) mass is 363 g/mol. The van der Waals surface area contributed by atoms with E-state index in [1.54, 1.807) is 12.1 Å². The molecule has 0 aliphatic rings. The summed E-state index contributed by atoms with van der Waals surface area (Å²) in [6.07, 6.45) is 0. The first-order valence-corrected chi connectivity index (χ1v) is 8.96. The molecule has 140 valence electrons. The fourth-order valence-corrected chi connectivity index (χ4v) is 3.23. The molecule has 2 aromatic carbocycles. The van der Waals surface area contributed by atoms with E-state index in [-0.39, 0.29) is 5.97 Å². The first kappa shape index (κ1) is 18.9. The summed E-state index contributed by atoms with van der Waals surface area (Å²) < 4.78 is 6.75. The van der Waals surface area contributed by atoms with E-state index in [1.807, 2.05) is 35.0 Å². The van der Waals surface area contributed by atoms with Gasteiger partial charge in [0.2, 0.25) is 0 Å². The first-order valence-electron chi connectivity index (χ1n) is 8.96. The zero-order valence-corrected chi connectivity index (χ0v) is 16.3. The third-order valence-corrected chi connectivity index (χ3v) is 4.70. The SMILES string of the molecule is COC(=O)c1ccc(CN(C)Cc2c(C)nn(-c3ccccc3)c2C)cc1. The van der Waals surface area contributed by atoms with Gasteiger partial charge in [-0.15, -0.1) is 0 Å². The number of methoxy groups -OCH3 is 1. The van der Waals surface area contributed by atoms with Crippen LogP contribution in [0.15, 0.2) is 54.6 Å². The van der Waals surface area contributed by atoms with Gasteiger partial charge < -0.3 is 4.74 Å². The van der Waals surface area contributed by atoms with Crippen LogP contribution < -0.4 is 0 Å². The molecule has 0 fully saturated rings. The molecule has 27 heavy (non-hydrogen) atoms. The number of esters is 1. The van der Waals surface area contributed by atoms with Crippen LogP contribution in [0.2, 0.25) is 0 Å². The van der Waals surface area contributed by atoms with Crippen molar-refractivity contribution in [3.05, 3.63) is 82.7 Å². The van der Waals surface area contributed by atoms with Crippen molar-refractivity contribution in [3.63, 3.8) is 0 Å². The van der Waals surface area contributed by atoms with Gasteiger partial charge in [0.05, 0.1) is 24.1 Å². The molecule has 5 heteroatoms. The zero-order valence-electron chi connectivity index (χ0n) is 16.3. The molecule has 1 heterocycles. The number of carbonyl (C=O) groups is 1. The Morgan fingerprint density at radius 1 is 1.04 bits per heavy atom. The van der Waals surface area contributed by atoms with Crippen LogP contribution in [-0.4, -0.2) is 34.8 Å². The van der Waals surface area contributed by atoms with Gasteiger partial charge in [-0.3, -0.25) is 4.90 Å². The summed E-state index contributed by atoms with van der Waals surface area (Å²) in [6, 6.07) is 17.7. The van der Waals surface area contributed by atoms with Gasteiger partial charge in [0, 0.05) is 24.3 Å². The van der Waals surface area contributed by atoms with Crippen molar-refractivity contribution in [2.75, 3.05) is 14.2 Å². The molecule has 0 atom stereocenters. The van der Waals surface area contributed by atoms with Gasteiger partial charge in [-0.1, -0.05) is 30.3 Å². The number of aromatic nitrogens is 2. The standard InChI is InChI=1S/C22H25N3O2/c1-16-21(17(2)25(23-16)20-8-6-5-7-9-20)15-24(3)14-18-10-12-19(13-11-18)22(26)27-4/h5-13H,14-15H2,1-4H3. The van der Waals surface area contributed by atoms with Gasteiger partial charge >= 0.3 is 5.97 Å². The van der Waals surface area contributed by atoms with Crippen LogP contribution >= 0.6 is 0 Å². The third-order valence-electron chi connectivity index (χ3n) is 4.70. The van der Waals surface area contributed by atoms with Crippen molar-refractivity contribution in [2.45, 2.75) is 26.9 Å². The largest absolute Gasteiger partial charge is 0.465 e. The Morgan fingerprint density at radius 3 is 2.33 bits per heavy atom. The third kappa shape index (κ3) is 4.26. The number of aryl methyl sites for hydroxylation is 1. The molecule has 0 amide bonds. The lowest BCUT2D eigenvalue weighted by atomic mass is 10.1. The van der Waals surface area contributed by atoms with Gasteiger partial charge in [-0.25, -0.2) is 9.48 Å². The van der Waals surface area contributed by atoms with Gasteiger partial charge in [-0.05, 0) is 50.7 Å². The van der Waals surface area contributed by atoms with Crippen molar-refractivity contribution in [3.8, 4) is 5.69 Å². The molecule has 0 saturated carbocycles. The highest BCUT2D eigenvalue weighted by molar-refractivity contribution is 5.89. The van der Waals surface area contributed by atoms with Gasteiger partial charge in [0.1, 0.15) is 0 Å². The summed E-state index contributed by atoms with van der Waals surface area (Å²) in [7, 11) is 3.48. The molecule has 0 aliphatic carbocycles. The fraction of sp³-hybridized carbons (Fsp3) is 0.273. The number of carbonyl (C=O) groups excluding carboxylic acids is 1. The minimum Gasteiger partial charge on any atom is -0.465 e. The number of benzene rings is 2. The van der Waals surface area contributed by atoms with Crippen LogP contribution in [0.3, 0.4) is 0 Å². The van der Waals surface area contributed by atoms with E-state index >= 15 is 0 Å². The van der Waals surface area contributed by atoms with E-state index in [1.165, 1.54) is 12.7 Å². The van der Waals surface area contributed by atoms with Crippen LogP contribution in [-0.2, 0) is 17.8 Å². The van der Waals surface area contributed by atoms with Crippen LogP contribution in [0.25, 0.3) is 5.69 Å².